The Morgan fingerprint density at radius 3 is 2.62 bits per heavy atom. The molecule has 3 aromatic carbocycles. The van der Waals surface area contributed by atoms with Crippen molar-refractivity contribution < 1.29 is 0 Å². The van der Waals surface area contributed by atoms with Crippen molar-refractivity contribution in [2.45, 2.75) is 29.0 Å². The normalized spacial score (nSPS) is 22.1. The summed E-state index contributed by atoms with van der Waals surface area (Å²) in [7, 11) is 0. The first-order chi connectivity index (χ1) is 14.2. The molecule has 1 aliphatic heterocycles. The van der Waals surface area contributed by atoms with Crippen molar-refractivity contribution in [1.82, 2.24) is 0 Å². The first kappa shape index (κ1) is 19.1. The van der Waals surface area contributed by atoms with Crippen LogP contribution in [0.4, 0.5) is 5.69 Å². The van der Waals surface area contributed by atoms with Crippen LogP contribution in [0.3, 0.4) is 0 Å². The number of nitrogens with one attached hydrogen (secondary N) is 1. The molecule has 1 nitrogen and oxygen atoms in total. The van der Waals surface area contributed by atoms with Crippen molar-refractivity contribution >= 4 is 40.7 Å². The van der Waals surface area contributed by atoms with E-state index in [0.717, 1.165) is 22.8 Å². The van der Waals surface area contributed by atoms with Crippen LogP contribution >= 0.6 is 35.0 Å². The molecule has 5 rings (SSSR count). The Kier molecular flexibility index (Phi) is 5.34. The third-order valence-corrected chi connectivity index (χ3v) is 7.52. The Balaban J connectivity index is 1.43. The van der Waals surface area contributed by atoms with Crippen molar-refractivity contribution in [3.8, 4) is 0 Å². The lowest BCUT2D eigenvalue weighted by Gasteiger charge is -2.38. The van der Waals surface area contributed by atoms with Crippen LogP contribution in [-0.2, 0) is 5.75 Å². The molecule has 0 spiro atoms. The van der Waals surface area contributed by atoms with Crippen LogP contribution in [0.1, 0.15) is 35.1 Å². The van der Waals surface area contributed by atoms with E-state index in [1.807, 2.05) is 23.9 Å². The molecular weight excluding hydrogens is 417 g/mol. The Morgan fingerprint density at radius 2 is 1.79 bits per heavy atom. The summed E-state index contributed by atoms with van der Waals surface area (Å²) in [6.45, 7) is 0. The molecule has 3 aromatic rings. The summed E-state index contributed by atoms with van der Waals surface area (Å²) in [5.74, 6) is 1.87. The van der Waals surface area contributed by atoms with E-state index < -0.39 is 0 Å². The molecule has 0 amide bonds. The first-order valence-corrected chi connectivity index (χ1v) is 11.6. The van der Waals surface area contributed by atoms with E-state index in [-0.39, 0.29) is 6.04 Å². The summed E-state index contributed by atoms with van der Waals surface area (Å²) in [6, 6.07) is 23.5. The zero-order valence-corrected chi connectivity index (χ0v) is 18.1. The predicted molar refractivity (Wildman–Crippen MR) is 125 cm³/mol. The van der Waals surface area contributed by atoms with Crippen molar-refractivity contribution in [2.75, 3.05) is 5.32 Å². The van der Waals surface area contributed by atoms with Crippen LogP contribution < -0.4 is 5.32 Å². The number of rotatable bonds is 4. The lowest BCUT2D eigenvalue weighted by molar-refractivity contribution is 0.425. The maximum absolute atomic E-state index is 6.56. The minimum absolute atomic E-state index is 0.191. The molecule has 146 valence electrons. The third-order valence-electron chi connectivity index (χ3n) is 5.87. The van der Waals surface area contributed by atoms with Crippen molar-refractivity contribution in [1.29, 1.82) is 0 Å². The monoisotopic (exact) mass is 437 g/mol. The number of thioether (sulfide) groups is 1. The Labute approximate surface area is 186 Å². The lowest BCUT2D eigenvalue weighted by atomic mass is 9.76. The molecule has 1 N–H and O–H groups in total. The summed E-state index contributed by atoms with van der Waals surface area (Å²) in [5.41, 5.74) is 5.10. The molecule has 2 aliphatic rings. The van der Waals surface area contributed by atoms with Crippen LogP contribution in [0.5, 0.6) is 0 Å². The second kappa shape index (κ2) is 8.10. The zero-order chi connectivity index (χ0) is 19.8. The van der Waals surface area contributed by atoms with E-state index >= 15 is 0 Å². The number of halogens is 2. The molecular formula is C25H21Cl2NS. The topological polar surface area (TPSA) is 12.0 Å². The van der Waals surface area contributed by atoms with Gasteiger partial charge in [0.05, 0.1) is 6.04 Å². The van der Waals surface area contributed by atoms with E-state index in [4.69, 9.17) is 23.2 Å². The number of hydrogen-bond donors (Lipinski definition) is 1. The fourth-order valence-electron chi connectivity index (χ4n) is 4.48. The Bertz CT molecular complexity index is 1060. The smallest absolute Gasteiger partial charge is 0.0568 e. The fourth-order valence-corrected chi connectivity index (χ4v) is 5.87. The van der Waals surface area contributed by atoms with Gasteiger partial charge in [-0.15, -0.1) is 11.8 Å². The van der Waals surface area contributed by atoms with Crippen molar-refractivity contribution in [3.05, 3.63) is 106 Å². The molecule has 3 atom stereocenters. The van der Waals surface area contributed by atoms with Gasteiger partial charge in [-0.3, -0.25) is 0 Å². The second-order valence-corrected chi connectivity index (χ2v) is 9.56. The third kappa shape index (κ3) is 3.82. The maximum Gasteiger partial charge on any atom is 0.0568 e. The summed E-state index contributed by atoms with van der Waals surface area (Å²) >= 11 is 14.6. The molecule has 0 bridgehead atoms. The first-order valence-electron chi connectivity index (χ1n) is 9.88. The van der Waals surface area contributed by atoms with Crippen molar-refractivity contribution in [2.24, 2.45) is 5.92 Å². The molecule has 1 heterocycles. The molecule has 0 unspecified atom stereocenters. The van der Waals surface area contributed by atoms with Gasteiger partial charge in [0, 0.05) is 32.3 Å². The number of hydrogen-bond acceptors (Lipinski definition) is 2. The van der Waals surface area contributed by atoms with E-state index in [0.29, 0.717) is 16.9 Å². The minimum Gasteiger partial charge on any atom is -0.378 e. The van der Waals surface area contributed by atoms with E-state index in [9.17, 15) is 0 Å². The van der Waals surface area contributed by atoms with Gasteiger partial charge in [0.15, 0.2) is 0 Å². The maximum atomic E-state index is 6.56. The van der Waals surface area contributed by atoms with Gasteiger partial charge in [-0.2, -0.15) is 0 Å². The largest absolute Gasteiger partial charge is 0.378 e. The average Bonchev–Trinajstić information content (AvgIpc) is 3.23. The highest BCUT2D eigenvalue weighted by Crippen LogP contribution is 2.51. The summed E-state index contributed by atoms with van der Waals surface area (Å²) in [6.07, 6.45) is 5.74. The van der Waals surface area contributed by atoms with Crippen LogP contribution in [-0.4, -0.2) is 0 Å². The molecule has 0 saturated carbocycles. The van der Waals surface area contributed by atoms with Gasteiger partial charge in [0.25, 0.3) is 0 Å². The highest BCUT2D eigenvalue weighted by Gasteiger charge is 2.38. The van der Waals surface area contributed by atoms with Gasteiger partial charge in [-0.25, -0.2) is 0 Å². The van der Waals surface area contributed by atoms with Crippen LogP contribution in [0.25, 0.3) is 0 Å². The highest BCUT2D eigenvalue weighted by molar-refractivity contribution is 7.98. The van der Waals surface area contributed by atoms with Crippen LogP contribution in [0, 0.1) is 5.92 Å². The number of benzene rings is 3. The Morgan fingerprint density at radius 1 is 0.931 bits per heavy atom. The van der Waals surface area contributed by atoms with Crippen LogP contribution in [0.15, 0.2) is 83.8 Å². The molecule has 1 aliphatic carbocycles. The number of anilines is 1. The van der Waals surface area contributed by atoms with Crippen molar-refractivity contribution in [3.63, 3.8) is 0 Å². The highest BCUT2D eigenvalue weighted by atomic mass is 35.5. The minimum atomic E-state index is 0.191. The summed E-state index contributed by atoms with van der Waals surface area (Å²) in [4.78, 5) is 1.31. The number of fused-ring (bicyclic) bond motifs is 3. The zero-order valence-electron chi connectivity index (χ0n) is 15.8. The van der Waals surface area contributed by atoms with Gasteiger partial charge in [0.1, 0.15) is 0 Å². The van der Waals surface area contributed by atoms with Crippen LogP contribution in [0.2, 0.25) is 10.0 Å². The summed E-state index contributed by atoms with van der Waals surface area (Å²) in [5, 5.41) is 5.19. The van der Waals surface area contributed by atoms with Gasteiger partial charge in [0.2, 0.25) is 0 Å². The fraction of sp³-hybridized carbons (Fsp3) is 0.200. The van der Waals surface area contributed by atoms with Gasteiger partial charge in [-0.05, 0) is 59.4 Å². The lowest BCUT2D eigenvalue weighted by Crippen LogP contribution is -2.29. The molecule has 0 radical (unpaired) electrons. The SMILES string of the molecule is Clc1ccc([C@@H]2Nc3ccc(CSc4ccccc4)cc3[C@@H]3C=CC[C@@H]32)c(Cl)c1. The molecule has 4 heteroatoms. The number of allylic oxidation sites excluding steroid dienone is 2. The Hall–Kier alpha value is -1.87. The van der Waals surface area contributed by atoms with E-state index in [1.54, 1.807) is 0 Å². The molecule has 0 saturated heterocycles. The summed E-state index contributed by atoms with van der Waals surface area (Å²) < 4.78 is 0. The second-order valence-electron chi connectivity index (χ2n) is 7.66. The molecule has 29 heavy (non-hydrogen) atoms. The molecule has 0 fully saturated rings. The standard InChI is InChI=1S/C25H21Cl2NS/c26-17-10-11-21(23(27)14-17)25-20-8-4-7-19(20)22-13-16(9-12-24(22)28-25)15-29-18-5-2-1-3-6-18/h1-7,9-14,19-20,25,28H,8,15H2/t19-,20+,25-/m1/s1. The van der Waals surface area contributed by atoms with Gasteiger partial charge in [-0.1, -0.05) is 71.8 Å². The van der Waals surface area contributed by atoms with Gasteiger partial charge < -0.3 is 5.32 Å². The van der Waals surface area contributed by atoms with E-state index in [1.165, 1.54) is 21.7 Å². The average molecular weight is 438 g/mol. The predicted octanol–water partition coefficient (Wildman–Crippen LogP) is 8.11. The van der Waals surface area contributed by atoms with E-state index in [2.05, 4.69) is 72.1 Å². The van der Waals surface area contributed by atoms with Gasteiger partial charge >= 0.3 is 0 Å². The quantitative estimate of drug-likeness (QED) is 0.326. The molecule has 0 aromatic heterocycles.